The van der Waals surface area contributed by atoms with E-state index in [1.54, 1.807) is 17.2 Å². The zero-order valence-electron chi connectivity index (χ0n) is 16.5. The van der Waals surface area contributed by atoms with Crippen LogP contribution in [0.25, 0.3) is 5.65 Å². The number of benzene rings is 1. The number of morpholine rings is 1. The van der Waals surface area contributed by atoms with E-state index in [4.69, 9.17) is 4.74 Å². The maximum Gasteiger partial charge on any atom is 0.416 e. The van der Waals surface area contributed by atoms with Crippen molar-refractivity contribution >= 4 is 11.6 Å². The quantitative estimate of drug-likeness (QED) is 0.644. The van der Waals surface area contributed by atoms with E-state index in [0.717, 1.165) is 17.7 Å². The molecule has 1 aromatic carbocycles. The number of aromatic nitrogens is 2. The minimum atomic E-state index is -4.45. The highest BCUT2D eigenvalue weighted by Gasteiger charge is 2.32. The Morgan fingerprint density at radius 2 is 1.97 bits per heavy atom. The predicted octanol–water partition coefficient (Wildman–Crippen LogP) is 4.04. The van der Waals surface area contributed by atoms with E-state index in [0.29, 0.717) is 43.2 Å². The summed E-state index contributed by atoms with van der Waals surface area (Å²) in [6, 6.07) is 9.01. The maximum absolute atomic E-state index is 13.3. The van der Waals surface area contributed by atoms with Gasteiger partial charge < -0.3 is 14.0 Å². The summed E-state index contributed by atoms with van der Waals surface area (Å²) in [4.78, 5) is 19.1. The van der Waals surface area contributed by atoms with Crippen LogP contribution in [0.5, 0.6) is 0 Å². The molecule has 1 fully saturated rings. The van der Waals surface area contributed by atoms with Crippen molar-refractivity contribution in [2.45, 2.75) is 25.4 Å². The van der Waals surface area contributed by atoms with Gasteiger partial charge in [-0.05, 0) is 36.2 Å². The van der Waals surface area contributed by atoms with Gasteiger partial charge in [0.15, 0.2) is 0 Å². The Kier molecular flexibility index (Phi) is 5.51. The lowest BCUT2D eigenvalue weighted by Gasteiger charge is -2.28. The SMILES string of the molecule is Cc1ccn2c(C(CC(=O)N3CCOCC3)c3cccc(C(F)(F)F)c3)cnc2c1. The van der Waals surface area contributed by atoms with Gasteiger partial charge in [-0.25, -0.2) is 4.98 Å². The number of amides is 1. The summed E-state index contributed by atoms with van der Waals surface area (Å²) in [5.41, 5.74) is 2.12. The van der Waals surface area contributed by atoms with Crippen molar-refractivity contribution in [3.63, 3.8) is 0 Å². The Balaban J connectivity index is 1.75. The molecule has 1 atom stereocenters. The van der Waals surface area contributed by atoms with Gasteiger partial charge in [-0.2, -0.15) is 13.2 Å². The third kappa shape index (κ3) is 4.18. The number of nitrogens with zero attached hydrogens (tertiary/aromatic N) is 3. The van der Waals surface area contributed by atoms with E-state index in [-0.39, 0.29) is 12.3 Å². The van der Waals surface area contributed by atoms with E-state index in [2.05, 4.69) is 4.98 Å². The second kappa shape index (κ2) is 8.10. The molecule has 5 nitrogen and oxygen atoms in total. The Morgan fingerprint density at radius 1 is 1.20 bits per heavy atom. The lowest BCUT2D eigenvalue weighted by molar-refractivity contribution is -0.137. The minimum Gasteiger partial charge on any atom is -0.378 e. The van der Waals surface area contributed by atoms with Crippen LogP contribution in [0.3, 0.4) is 0 Å². The zero-order chi connectivity index (χ0) is 21.3. The van der Waals surface area contributed by atoms with Crippen LogP contribution >= 0.6 is 0 Å². The number of halogens is 3. The van der Waals surface area contributed by atoms with Gasteiger partial charge in [0, 0.05) is 37.8 Å². The number of hydrogen-bond acceptors (Lipinski definition) is 3. The van der Waals surface area contributed by atoms with Crippen LogP contribution in [-0.2, 0) is 15.7 Å². The van der Waals surface area contributed by atoms with Gasteiger partial charge >= 0.3 is 6.18 Å². The van der Waals surface area contributed by atoms with Crippen LogP contribution < -0.4 is 0 Å². The molecule has 1 aliphatic heterocycles. The average molecular weight is 417 g/mol. The third-order valence-electron chi connectivity index (χ3n) is 5.41. The van der Waals surface area contributed by atoms with Crippen molar-refractivity contribution in [2.75, 3.05) is 26.3 Å². The van der Waals surface area contributed by atoms with E-state index < -0.39 is 17.7 Å². The van der Waals surface area contributed by atoms with Crippen LogP contribution in [0, 0.1) is 6.92 Å². The first-order valence-electron chi connectivity index (χ1n) is 9.79. The summed E-state index contributed by atoms with van der Waals surface area (Å²) in [6.45, 7) is 3.85. The molecule has 0 saturated carbocycles. The Labute approximate surface area is 172 Å². The number of ether oxygens (including phenoxy) is 1. The first-order chi connectivity index (χ1) is 14.3. The number of carbonyl (C=O) groups excluding carboxylic acids is 1. The fraction of sp³-hybridized carbons (Fsp3) is 0.364. The van der Waals surface area contributed by atoms with Gasteiger partial charge in [-0.15, -0.1) is 0 Å². The van der Waals surface area contributed by atoms with Gasteiger partial charge in [0.1, 0.15) is 5.65 Å². The molecule has 1 saturated heterocycles. The van der Waals surface area contributed by atoms with E-state index in [1.165, 1.54) is 6.07 Å². The molecular formula is C22H22F3N3O2. The monoisotopic (exact) mass is 417 g/mol. The standard InChI is InChI=1S/C22H22F3N3O2/c1-15-5-6-28-19(14-26-20(28)11-15)18(13-21(29)27-7-9-30-10-8-27)16-3-2-4-17(12-16)22(23,24)25/h2-6,11-12,14,18H,7-10,13H2,1H3. The molecule has 2 aromatic heterocycles. The smallest absolute Gasteiger partial charge is 0.378 e. The van der Waals surface area contributed by atoms with E-state index in [9.17, 15) is 18.0 Å². The summed E-state index contributed by atoms with van der Waals surface area (Å²) in [7, 11) is 0. The van der Waals surface area contributed by atoms with Crippen molar-refractivity contribution in [3.8, 4) is 0 Å². The molecule has 0 bridgehead atoms. The maximum atomic E-state index is 13.3. The molecule has 0 radical (unpaired) electrons. The second-order valence-electron chi connectivity index (χ2n) is 7.49. The fourth-order valence-corrected chi connectivity index (χ4v) is 3.80. The predicted molar refractivity (Wildman–Crippen MR) is 105 cm³/mol. The lowest BCUT2D eigenvalue weighted by Crippen LogP contribution is -2.41. The molecule has 1 unspecified atom stereocenters. The number of alkyl halides is 3. The van der Waals surface area contributed by atoms with Crippen LogP contribution in [0.2, 0.25) is 0 Å². The van der Waals surface area contributed by atoms with Gasteiger partial charge in [0.2, 0.25) is 5.91 Å². The van der Waals surface area contributed by atoms with Crippen molar-refractivity contribution in [2.24, 2.45) is 0 Å². The van der Waals surface area contributed by atoms with Gasteiger partial charge in [-0.1, -0.05) is 18.2 Å². The first-order valence-corrected chi connectivity index (χ1v) is 9.79. The summed E-state index contributed by atoms with van der Waals surface area (Å²) < 4.78 is 47.1. The zero-order valence-corrected chi connectivity index (χ0v) is 16.5. The summed E-state index contributed by atoms with van der Waals surface area (Å²) in [5.74, 6) is -0.664. The first kappa shape index (κ1) is 20.4. The van der Waals surface area contributed by atoms with Gasteiger partial charge in [0.25, 0.3) is 0 Å². The summed E-state index contributed by atoms with van der Waals surface area (Å²) >= 11 is 0. The Hall–Kier alpha value is -2.87. The normalized spacial score (nSPS) is 16.1. The Bertz CT molecular complexity index is 1060. The van der Waals surface area contributed by atoms with Crippen molar-refractivity contribution in [1.29, 1.82) is 0 Å². The highest BCUT2D eigenvalue weighted by molar-refractivity contribution is 5.78. The van der Waals surface area contributed by atoms with Gasteiger partial charge in [0.05, 0.1) is 24.5 Å². The second-order valence-corrected chi connectivity index (χ2v) is 7.49. The van der Waals surface area contributed by atoms with Gasteiger partial charge in [-0.3, -0.25) is 4.79 Å². The average Bonchev–Trinajstić information content (AvgIpc) is 3.14. The molecule has 4 rings (SSSR count). The number of fused-ring (bicyclic) bond motifs is 1. The molecule has 1 amide bonds. The largest absolute Gasteiger partial charge is 0.416 e. The van der Waals surface area contributed by atoms with Crippen LogP contribution in [0.4, 0.5) is 13.2 Å². The molecule has 3 aromatic rings. The van der Waals surface area contributed by atoms with Crippen LogP contribution in [0.1, 0.15) is 34.7 Å². The number of imidazole rings is 1. The number of carbonyl (C=O) groups is 1. The topological polar surface area (TPSA) is 46.8 Å². The summed E-state index contributed by atoms with van der Waals surface area (Å²) in [6.07, 6.45) is -0.909. The number of rotatable bonds is 4. The lowest BCUT2D eigenvalue weighted by atomic mass is 9.90. The summed E-state index contributed by atoms with van der Waals surface area (Å²) in [5, 5.41) is 0. The number of aryl methyl sites for hydroxylation is 1. The van der Waals surface area contributed by atoms with Crippen LogP contribution in [0.15, 0.2) is 48.8 Å². The molecule has 3 heterocycles. The molecule has 30 heavy (non-hydrogen) atoms. The molecule has 0 aliphatic carbocycles. The highest BCUT2D eigenvalue weighted by atomic mass is 19.4. The molecule has 0 N–H and O–H groups in total. The van der Waals surface area contributed by atoms with Crippen molar-refractivity contribution in [3.05, 3.63) is 71.2 Å². The fourth-order valence-electron chi connectivity index (χ4n) is 3.80. The number of hydrogen-bond donors (Lipinski definition) is 0. The minimum absolute atomic E-state index is 0.0585. The molecule has 1 aliphatic rings. The van der Waals surface area contributed by atoms with Crippen LogP contribution in [-0.4, -0.2) is 46.5 Å². The van der Waals surface area contributed by atoms with Crippen molar-refractivity contribution in [1.82, 2.24) is 14.3 Å². The number of pyridine rings is 1. The third-order valence-corrected chi connectivity index (χ3v) is 5.41. The molecular weight excluding hydrogens is 395 g/mol. The van der Waals surface area contributed by atoms with E-state index in [1.807, 2.05) is 29.7 Å². The van der Waals surface area contributed by atoms with Crippen molar-refractivity contribution < 1.29 is 22.7 Å². The molecule has 8 heteroatoms. The highest BCUT2D eigenvalue weighted by Crippen LogP contribution is 2.35. The van der Waals surface area contributed by atoms with E-state index >= 15 is 0 Å². The Morgan fingerprint density at radius 3 is 2.70 bits per heavy atom. The molecule has 158 valence electrons. The molecule has 0 spiro atoms.